The van der Waals surface area contributed by atoms with Crippen molar-refractivity contribution in [2.24, 2.45) is 11.8 Å². The van der Waals surface area contributed by atoms with Crippen LogP contribution in [0.15, 0.2) is 86.2 Å². The van der Waals surface area contributed by atoms with Crippen molar-refractivity contribution >= 4 is 64.3 Å². The topological polar surface area (TPSA) is 249 Å². The minimum atomic E-state index is -0.978. The molecule has 22 heteroatoms. The number of rotatable bonds is 15. The number of amides is 1. The molecule has 0 saturated carbocycles. The maximum absolute atomic E-state index is 12.6. The van der Waals surface area contributed by atoms with Gasteiger partial charge in [0.15, 0.2) is 24.0 Å². The molecule has 2 aliphatic rings. The van der Waals surface area contributed by atoms with E-state index in [1.165, 1.54) is 24.8 Å². The quantitative estimate of drug-likeness (QED) is 0.0419. The number of hydrogen-bond donors (Lipinski definition) is 6. The van der Waals surface area contributed by atoms with Gasteiger partial charge >= 0.3 is 18.0 Å². The van der Waals surface area contributed by atoms with Gasteiger partial charge in [0.1, 0.15) is 17.2 Å². The number of carboxylic acids is 1. The molecule has 0 aliphatic carbocycles. The second-order valence-electron chi connectivity index (χ2n) is 17.7. The van der Waals surface area contributed by atoms with Crippen molar-refractivity contribution in [2.75, 3.05) is 67.1 Å². The third-order valence-corrected chi connectivity index (χ3v) is 11.2. The molecule has 0 radical (unpaired) electrons. The Morgan fingerprint density at radius 1 is 0.761 bits per heavy atom. The van der Waals surface area contributed by atoms with Crippen molar-refractivity contribution < 1.29 is 29.0 Å². The molecule has 2 unspecified atom stereocenters. The summed E-state index contributed by atoms with van der Waals surface area (Å²) in [7, 11) is 0. The average Bonchev–Trinajstić information content (AvgIpc) is 4.08. The summed E-state index contributed by atoms with van der Waals surface area (Å²) < 4.78 is 14.3. The Kier molecular flexibility index (Phi) is 16.7. The van der Waals surface area contributed by atoms with Crippen molar-refractivity contribution in [1.82, 2.24) is 49.3 Å². The molecular weight excluding hydrogens is 909 g/mol. The monoisotopic (exact) mass is 964 g/mol. The fourth-order valence-corrected chi connectivity index (χ4v) is 7.76. The molecule has 368 valence electrons. The molecule has 0 spiro atoms. The predicted molar refractivity (Wildman–Crippen MR) is 266 cm³/mol. The van der Waals surface area contributed by atoms with E-state index >= 15 is 0 Å². The minimum absolute atomic E-state index is 0.203. The zero-order valence-electron chi connectivity index (χ0n) is 39.9. The van der Waals surface area contributed by atoms with Gasteiger partial charge in [0.2, 0.25) is 0 Å². The van der Waals surface area contributed by atoms with Crippen molar-refractivity contribution in [1.29, 1.82) is 0 Å². The van der Waals surface area contributed by atoms with Gasteiger partial charge in [-0.1, -0.05) is 13.1 Å². The highest BCUT2D eigenvalue weighted by Crippen LogP contribution is 2.29. The zero-order valence-corrected chi connectivity index (χ0v) is 39.9. The van der Waals surface area contributed by atoms with Crippen molar-refractivity contribution in [3.63, 3.8) is 0 Å². The molecule has 2 fully saturated rings. The fourth-order valence-electron chi connectivity index (χ4n) is 7.76. The van der Waals surface area contributed by atoms with E-state index in [2.05, 4.69) is 66.2 Å². The molecule has 1 amide bonds. The van der Waals surface area contributed by atoms with Gasteiger partial charge in [0.25, 0.3) is 11.6 Å². The number of likely N-dealkylation sites (tertiary alicyclic amines) is 1. The summed E-state index contributed by atoms with van der Waals surface area (Å²) in [6, 6.07) is 6.95. The van der Waals surface area contributed by atoms with Gasteiger partial charge in [-0.05, 0) is 90.4 Å². The van der Waals surface area contributed by atoms with Crippen LogP contribution in [-0.2, 0) is 9.47 Å². The van der Waals surface area contributed by atoms with E-state index in [1.54, 1.807) is 65.7 Å². The molecule has 6 aromatic heterocycles. The second kappa shape index (κ2) is 23.6. The summed E-state index contributed by atoms with van der Waals surface area (Å²) in [5, 5.41) is 25.9. The van der Waals surface area contributed by atoms with E-state index in [0.717, 1.165) is 68.1 Å². The van der Waals surface area contributed by atoms with Crippen LogP contribution in [0.1, 0.15) is 74.1 Å². The number of carbonyl (C=O) groups is 3. The zero-order chi connectivity index (χ0) is 50.3. The van der Waals surface area contributed by atoms with E-state index in [0.29, 0.717) is 61.0 Å². The first-order valence-electron chi connectivity index (χ1n) is 23.1. The summed E-state index contributed by atoms with van der Waals surface area (Å²) in [5.41, 5.74) is 3.17. The number of ether oxygens (including phenoxy) is 2. The predicted octanol–water partition coefficient (Wildman–Crippen LogP) is 8.26. The highest BCUT2D eigenvalue weighted by atomic mass is 16.6. The molecule has 71 heavy (non-hydrogen) atoms. The number of hydrogen-bond acceptors (Lipinski definition) is 16. The van der Waals surface area contributed by atoms with Crippen molar-refractivity contribution in [3.8, 4) is 11.4 Å². The molecule has 6 N–H and O–H groups in total. The van der Waals surface area contributed by atoms with Crippen LogP contribution in [0.25, 0.3) is 21.1 Å². The maximum Gasteiger partial charge on any atom is 0.410 e. The van der Waals surface area contributed by atoms with Gasteiger partial charge in [0, 0.05) is 63.1 Å². The molecule has 2 atom stereocenters. The van der Waals surface area contributed by atoms with E-state index in [4.69, 9.17) is 22.6 Å². The van der Waals surface area contributed by atoms with E-state index < -0.39 is 17.5 Å². The number of piperidine rings is 2. The largest absolute Gasteiger partial charge is 0.478 e. The van der Waals surface area contributed by atoms with Crippen LogP contribution in [0.4, 0.5) is 51.1 Å². The normalized spacial score (nSPS) is 15.4. The molecule has 8 rings (SSSR count). The fraction of sp³-hybridized carbons (Fsp3) is 0.367. The SMILES string of the molecule is [C-]#[N+]c1cnc(Nc2cc(NCC3CCCN(C(=O)OC(C)(C)C)C3)c(-n3ccc(C(=O)OCC)c3)cn2)cn1.[C-]#[N+]c1cnc(Nc2cc(NCC3CCCNC3)c(-n3ccc(C(=O)O)c3)cn2)cn1. The molecule has 0 aromatic carbocycles. The Hall–Kier alpha value is -8.63. The third kappa shape index (κ3) is 14.2. The molecule has 8 heterocycles. The number of esters is 1. The number of nitrogens with one attached hydrogen (secondary N) is 5. The first-order valence-corrected chi connectivity index (χ1v) is 23.1. The Bertz CT molecular complexity index is 2860. The standard InChI is InChI=1S/C28H34N8O4.C21H22N8O2/c1-6-39-26(37)20-9-11-35(18-20)22-14-31-23(34-25-16-32-24(29-5)15-33-25)12-21(22)30-13-19-8-7-10-36(17-19)27(38)40-28(2,3)4;1-22-19-11-27-20(12-26-19)28-18-7-16(24-9-14-3-2-5-23-8-14)17(10-25-18)29-6-4-15(13-29)21(30)31/h9,11-12,14-16,18-19H,6-8,10,13,17H2,1-4H3,(H2,30,31,33,34);4,6-7,10-14,23H,2-3,5,8-9H2,(H,30,31)(H2,24,25,27,28). The van der Waals surface area contributed by atoms with Crippen LogP contribution in [0.2, 0.25) is 0 Å². The lowest BCUT2D eigenvalue weighted by Crippen LogP contribution is -2.44. The summed E-state index contributed by atoms with van der Waals surface area (Å²) in [5.74, 6) is 1.78. The van der Waals surface area contributed by atoms with Crippen LogP contribution >= 0.6 is 0 Å². The average molecular weight is 965 g/mol. The third-order valence-electron chi connectivity index (χ3n) is 11.2. The number of carbonyl (C=O) groups excluding carboxylic acids is 2. The minimum Gasteiger partial charge on any atom is -0.478 e. The molecule has 22 nitrogen and oxygen atoms in total. The lowest BCUT2D eigenvalue weighted by molar-refractivity contribution is 0.0172. The molecule has 6 aromatic rings. The van der Waals surface area contributed by atoms with Crippen LogP contribution < -0.4 is 26.6 Å². The van der Waals surface area contributed by atoms with Gasteiger partial charge in [-0.25, -0.2) is 34.3 Å². The molecule has 2 saturated heterocycles. The lowest BCUT2D eigenvalue weighted by Gasteiger charge is -2.34. The van der Waals surface area contributed by atoms with E-state index in [-0.39, 0.29) is 29.2 Å². The second-order valence-corrected chi connectivity index (χ2v) is 17.7. The van der Waals surface area contributed by atoms with Gasteiger partial charge < -0.3 is 64.9 Å². The number of carboxylic acid groups (broad SMARTS) is 1. The van der Waals surface area contributed by atoms with Crippen LogP contribution in [0.3, 0.4) is 0 Å². The van der Waals surface area contributed by atoms with Crippen molar-refractivity contribution in [3.05, 3.63) is 120 Å². The Morgan fingerprint density at radius 2 is 1.31 bits per heavy atom. The summed E-state index contributed by atoms with van der Waals surface area (Å²) in [6.45, 7) is 26.4. The summed E-state index contributed by atoms with van der Waals surface area (Å²) >= 11 is 0. The highest BCUT2D eigenvalue weighted by Gasteiger charge is 2.28. The van der Waals surface area contributed by atoms with Crippen molar-refractivity contribution in [2.45, 2.75) is 59.0 Å². The van der Waals surface area contributed by atoms with E-state index in [1.807, 2.05) is 37.5 Å². The highest BCUT2D eigenvalue weighted by molar-refractivity contribution is 5.89. The van der Waals surface area contributed by atoms with Gasteiger partial charge in [-0.2, -0.15) is 0 Å². The van der Waals surface area contributed by atoms with Gasteiger partial charge in [-0.15, -0.1) is 9.97 Å². The Labute approximate surface area is 410 Å². The molecule has 2 aliphatic heterocycles. The maximum atomic E-state index is 12.6. The number of pyridine rings is 2. The molecular formula is C49H56N16O6. The Morgan fingerprint density at radius 3 is 1.80 bits per heavy atom. The van der Waals surface area contributed by atoms with Gasteiger partial charge in [0.05, 0.1) is 65.3 Å². The Balaban J connectivity index is 0.000000215. The number of anilines is 6. The van der Waals surface area contributed by atoms with Gasteiger partial charge in [-0.3, -0.25) is 0 Å². The first-order chi connectivity index (χ1) is 34.3. The number of aromatic nitrogens is 8. The number of nitrogens with zero attached hydrogens (tertiary/aromatic N) is 11. The molecule has 0 bridgehead atoms. The lowest BCUT2D eigenvalue weighted by atomic mass is 9.98. The van der Waals surface area contributed by atoms with Crippen LogP contribution in [0, 0.1) is 25.0 Å². The van der Waals surface area contributed by atoms with Crippen LogP contribution in [0.5, 0.6) is 0 Å². The summed E-state index contributed by atoms with van der Waals surface area (Å²) in [6.07, 6.45) is 19.7. The van der Waals surface area contributed by atoms with Crippen LogP contribution in [-0.4, -0.2) is 119 Å². The smallest absolute Gasteiger partial charge is 0.410 e. The van der Waals surface area contributed by atoms with E-state index in [9.17, 15) is 19.5 Å². The summed E-state index contributed by atoms with van der Waals surface area (Å²) in [4.78, 5) is 69.8. The first kappa shape index (κ1) is 50.3. The number of aromatic carboxylic acids is 1.